The molecule has 0 radical (unpaired) electrons. The summed E-state index contributed by atoms with van der Waals surface area (Å²) < 4.78 is 5.75. The van der Waals surface area contributed by atoms with E-state index in [1.54, 1.807) is 24.3 Å². The normalized spacial score (nSPS) is 12.8. The van der Waals surface area contributed by atoms with Crippen LogP contribution in [-0.4, -0.2) is 29.3 Å². The monoisotopic (exact) mass is 279 g/mol. The van der Waals surface area contributed by atoms with Crippen LogP contribution in [0.2, 0.25) is 0 Å². The quantitative estimate of drug-likeness (QED) is 0.842. The van der Waals surface area contributed by atoms with Gasteiger partial charge in [-0.05, 0) is 51.5 Å². The summed E-state index contributed by atoms with van der Waals surface area (Å²) in [6, 6.07) is 7.08. The molecule has 0 aliphatic heterocycles. The average molecular weight is 279 g/mol. The van der Waals surface area contributed by atoms with E-state index in [1.807, 2.05) is 27.7 Å². The molecule has 0 heterocycles. The Labute approximate surface area is 121 Å². The summed E-state index contributed by atoms with van der Waals surface area (Å²) in [4.78, 5) is 12.0. The molecule has 1 aromatic rings. The summed E-state index contributed by atoms with van der Waals surface area (Å²) in [5.41, 5.74) is 0.364. The number of amides is 1. The molecule has 1 unspecified atom stereocenters. The molecule has 4 heteroatoms. The molecule has 0 saturated heterocycles. The van der Waals surface area contributed by atoms with Crippen molar-refractivity contribution < 1.29 is 14.6 Å². The van der Waals surface area contributed by atoms with Crippen LogP contribution in [0.25, 0.3) is 0 Å². The van der Waals surface area contributed by atoms with Crippen molar-refractivity contribution in [3.05, 3.63) is 29.8 Å². The van der Waals surface area contributed by atoms with Crippen LogP contribution in [0.4, 0.5) is 0 Å². The molecule has 2 N–H and O–H groups in total. The lowest BCUT2D eigenvalue weighted by atomic mass is 10.1. The van der Waals surface area contributed by atoms with Crippen molar-refractivity contribution in [1.29, 1.82) is 0 Å². The lowest BCUT2D eigenvalue weighted by molar-refractivity contribution is 0.0919. The van der Waals surface area contributed by atoms with Gasteiger partial charge in [-0.3, -0.25) is 4.79 Å². The molecule has 0 bridgehead atoms. The van der Waals surface area contributed by atoms with E-state index in [-0.39, 0.29) is 24.2 Å². The van der Waals surface area contributed by atoms with Gasteiger partial charge in [0, 0.05) is 24.1 Å². The fraction of sp³-hybridized carbons (Fsp3) is 0.562. The Morgan fingerprint density at radius 2 is 1.90 bits per heavy atom. The minimum atomic E-state index is -0.249. The third kappa shape index (κ3) is 5.61. The number of carbonyl (C=O) groups excluding carboxylic acids is 1. The summed E-state index contributed by atoms with van der Waals surface area (Å²) in [7, 11) is 0. The zero-order valence-electron chi connectivity index (χ0n) is 12.8. The number of rotatable bonds is 6. The number of benzene rings is 1. The van der Waals surface area contributed by atoms with Gasteiger partial charge in [0.05, 0.1) is 0 Å². The number of aliphatic hydroxyl groups is 1. The molecule has 0 aromatic heterocycles. The maximum atomic E-state index is 12.0. The van der Waals surface area contributed by atoms with Crippen LogP contribution < -0.4 is 10.1 Å². The minimum absolute atomic E-state index is 0.00857. The van der Waals surface area contributed by atoms with Gasteiger partial charge >= 0.3 is 0 Å². The number of hydrogen-bond acceptors (Lipinski definition) is 3. The predicted octanol–water partition coefficient (Wildman–Crippen LogP) is 2.75. The van der Waals surface area contributed by atoms with Gasteiger partial charge in [-0.1, -0.05) is 6.92 Å². The van der Waals surface area contributed by atoms with E-state index in [2.05, 4.69) is 5.32 Å². The maximum Gasteiger partial charge on any atom is 0.251 e. The molecule has 0 aliphatic rings. The smallest absolute Gasteiger partial charge is 0.251 e. The summed E-state index contributed by atoms with van der Waals surface area (Å²) >= 11 is 0. The lowest BCUT2D eigenvalue weighted by Crippen LogP contribution is -2.40. The molecular weight excluding hydrogens is 254 g/mol. The van der Waals surface area contributed by atoms with Gasteiger partial charge in [-0.15, -0.1) is 0 Å². The van der Waals surface area contributed by atoms with Gasteiger partial charge < -0.3 is 15.2 Å². The molecule has 1 amide bonds. The fourth-order valence-electron chi connectivity index (χ4n) is 1.78. The number of hydrogen-bond donors (Lipinski definition) is 2. The van der Waals surface area contributed by atoms with Gasteiger partial charge in [-0.2, -0.15) is 0 Å². The Morgan fingerprint density at radius 3 is 2.35 bits per heavy atom. The van der Waals surface area contributed by atoms with Crippen molar-refractivity contribution in [2.45, 2.75) is 52.2 Å². The molecule has 0 spiro atoms. The van der Waals surface area contributed by atoms with Crippen LogP contribution in [0.15, 0.2) is 24.3 Å². The Bertz CT molecular complexity index is 420. The third-order valence-electron chi connectivity index (χ3n) is 2.81. The lowest BCUT2D eigenvalue weighted by Gasteiger charge is -2.21. The van der Waals surface area contributed by atoms with Crippen LogP contribution in [0, 0.1) is 0 Å². The molecule has 112 valence electrons. The molecule has 0 aliphatic carbocycles. The molecule has 1 aromatic carbocycles. The van der Waals surface area contributed by atoms with Gasteiger partial charge in [0.2, 0.25) is 0 Å². The largest absolute Gasteiger partial charge is 0.490 e. The van der Waals surface area contributed by atoms with Gasteiger partial charge in [0.15, 0.2) is 0 Å². The topological polar surface area (TPSA) is 58.6 Å². The van der Waals surface area contributed by atoms with Crippen molar-refractivity contribution in [3.8, 4) is 5.75 Å². The Morgan fingerprint density at radius 1 is 1.30 bits per heavy atom. The fourth-order valence-corrected chi connectivity index (χ4v) is 1.78. The number of carbonyl (C=O) groups is 1. The highest BCUT2D eigenvalue weighted by Gasteiger charge is 2.15. The van der Waals surface area contributed by atoms with Gasteiger partial charge in [-0.25, -0.2) is 0 Å². The first-order valence-electron chi connectivity index (χ1n) is 7.06. The summed E-state index contributed by atoms with van der Waals surface area (Å²) in [6.45, 7) is 7.98. The van der Waals surface area contributed by atoms with Crippen LogP contribution in [0.1, 0.15) is 50.9 Å². The molecule has 4 nitrogen and oxygen atoms in total. The van der Waals surface area contributed by atoms with E-state index in [9.17, 15) is 4.79 Å². The minimum Gasteiger partial charge on any atom is -0.490 e. The second kappa shape index (κ2) is 7.29. The van der Waals surface area contributed by atoms with E-state index in [1.165, 1.54) is 0 Å². The second-order valence-electron chi connectivity index (χ2n) is 5.89. The average Bonchev–Trinajstić information content (AvgIpc) is 2.37. The van der Waals surface area contributed by atoms with E-state index in [4.69, 9.17) is 9.84 Å². The third-order valence-corrected chi connectivity index (χ3v) is 2.81. The van der Waals surface area contributed by atoms with E-state index in [0.29, 0.717) is 12.0 Å². The van der Waals surface area contributed by atoms with E-state index in [0.717, 1.165) is 12.2 Å². The van der Waals surface area contributed by atoms with Crippen LogP contribution in [-0.2, 0) is 0 Å². The van der Waals surface area contributed by atoms with Crippen molar-refractivity contribution in [3.63, 3.8) is 0 Å². The molecule has 0 fully saturated rings. The molecule has 1 rings (SSSR count). The Kier molecular flexibility index (Phi) is 6.02. The molecule has 0 saturated carbocycles. The number of aliphatic hydroxyl groups excluding tert-OH is 1. The zero-order valence-corrected chi connectivity index (χ0v) is 12.8. The van der Waals surface area contributed by atoms with Crippen molar-refractivity contribution in [2.24, 2.45) is 0 Å². The van der Waals surface area contributed by atoms with Crippen LogP contribution >= 0.6 is 0 Å². The molecular formula is C16H25NO3. The highest BCUT2D eigenvalue weighted by Crippen LogP contribution is 2.16. The van der Waals surface area contributed by atoms with Crippen molar-refractivity contribution in [1.82, 2.24) is 5.32 Å². The van der Waals surface area contributed by atoms with Gasteiger partial charge in [0.1, 0.15) is 11.9 Å². The first-order valence-corrected chi connectivity index (χ1v) is 7.06. The highest BCUT2D eigenvalue weighted by molar-refractivity contribution is 5.94. The van der Waals surface area contributed by atoms with Gasteiger partial charge in [0.25, 0.3) is 5.91 Å². The maximum absolute atomic E-state index is 12.0. The first kappa shape index (κ1) is 16.5. The van der Waals surface area contributed by atoms with Crippen molar-refractivity contribution >= 4 is 5.91 Å². The SMILES string of the molecule is CCC(CCO)Oc1ccc(C(=O)NC(C)(C)C)cc1. The number of ether oxygens (including phenoxy) is 1. The second-order valence-corrected chi connectivity index (χ2v) is 5.89. The summed E-state index contributed by atoms with van der Waals surface area (Å²) in [5, 5.41) is 11.9. The summed E-state index contributed by atoms with van der Waals surface area (Å²) in [6.07, 6.45) is 1.46. The first-order chi connectivity index (χ1) is 9.35. The zero-order chi connectivity index (χ0) is 15.2. The molecule has 1 atom stereocenters. The van der Waals surface area contributed by atoms with Crippen molar-refractivity contribution in [2.75, 3.05) is 6.61 Å². The van der Waals surface area contributed by atoms with E-state index < -0.39 is 0 Å². The standard InChI is InChI=1S/C16H25NO3/c1-5-13(10-11-18)20-14-8-6-12(7-9-14)15(19)17-16(2,3)4/h6-9,13,18H,5,10-11H2,1-4H3,(H,17,19). The Hall–Kier alpha value is -1.55. The van der Waals surface area contributed by atoms with Crippen LogP contribution in [0.3, 0.4) is 0 Å². The molecule has 20 heavy (non-hydrogen) atoms. The highest BCUT2D eigenvalue weighted by atomic mass is 16.5. The predicted molar refractivity (Wildman–Crippen MR) is 80.1 cm³/mol. The van der Waals surface area contributed by atoms with Crippen LogP contribution in [0.5, 0.6) is 5.75 Å². The van der Waals surface area contributed by atoms with E-state index >= 15 is 0 Å². The summed E-state index contributed by atoms with van der Waals surface area (Å²) in [5.74, 6) is 0.629. The Balaban J connectivity index is 2.66. The number of nitrogens with one attached hydrogen (secondary N) is 1.